The molecule has 72 valence electrons. The molecule has 0 aliphatic carbocycles. The van der Waals surface area contributed by atoms with Crippen LogP contribution in [0, 0.1) is 6.92 Å². The first-order chi connectivity index (χ1) is 6.61. The molecule has 0 amide bonds. The van der Waals surface area contributed by atoms with Crippen LogP contribution in [-0.2, 0) is 0 Å². The van der Waals surface area contributed by atoms with Crippen molar-refractivity contribution in [1.29, 1.82) is 0 Å². The van der Waals surface area contributed by atoms with Gasteiger partial charge in [-0.3, -0.25) is 9.36 Å². The summed E-state index contributed by atoms with van der Waals surface area (Å²) in [4.78, 5) is 11.2. The van der Waals surface area contributed by atoms with Crippen LogP contribution in [-0.4, -0.2) is 15.6 Å². The molecular weight excluding hydrogens is 178 g/mol. The minimum Gasteiger partial charge on any atom is -0.506 e. The van der Waals surface area contributed by atoms with Gasteiger partial charge in [-0.05, 0) is 24.6 Å². The Morgan fingerprint density at radius 2 is 2.07 bits per heavy atom. The van der Waals surface area contributed by atoms with Gasteiger partial charge in [-0.15, -0.1) is 0 Å². The lowest BCUT2D eigenvalue weighted by molar-refractivity contribution is 0.0941. The van der Waals surface area contributed by atoms with E-state index in [1.807, 2.05) is 19.1 Å². The van der Waals surface area contributed by atoms with Crippen molar-refractivity contribution in [3.8, 4) is 5.75 Å². The SMILES string of the molecule is CC(=O)n1ccc2c(C)ccc(O)c21. The quantitative estimate of drug-likeness (QED) is 0.691. The highest BCUT2D eigenvalue weighted by Crippen LogP contribution is 2.28. The number of carbonyl (C=O) groups is 1. The molecule has 1 aromatic carbocycles. The molecule has 0 atom stereocenters. The number of hydrogen-bond donors (Lipinski definition) is 1. The summed E-state index contributed by atoms with van der Waals surface area (Å²) < 4.78 is 1.46. The van der Waals surface area contributed by atoms with Crippen molar-refractivity contribution in [2.45, 2.75) is 13.8 Å². The maximum absolute atomic E-state index is 11.2. The second-order valence-corrected chi connectivity index (χ2v) is 3.37. The van der Waals surface area contributed by atoms with Crippen LogP contribution in [0.15, 0.2) is 24.4 Å². The summed E-state index contributed by atoms with van der Waals surface area (Å²) in [5.74, 6) is 0.0479. The zero-order valence-electron chi connectivity index (χ0n) is 8.11. The van der Waals surface area contributed by atoms with Crippen molar-refractivity contribution in [3.63, 3.8) is 0 Å². The minimum absolute atomic E-state index is 0.0964. The van der Waals surface area contributed by atoms with E-state index in [1.165, 1.54) is 11.5 Å². The van der Waals surface area contributed by atoms with Gasteiger partial charge in [0.15, 0.2) is 0 Å². The Bertz CT molecular complexity index is 511. The Morgan fingerprint density at radius 1 is 1.36 bits per heavy atom. The molecule has 0 radical (unpaired) electrons. The number of fused-ring (bicyclic) bond motifs is 1. The number of benzene rings is 1. The highest BCUT2D eigenvalue weighted by atomic mass is 16.3. The van der Waals surface area contributed by atoms with E-state index in [0.717, 1.165) is 10.9 Å². The minimum atomic E-state index is -0.0964. The number of aryl methyl sites for hydroxylation is 1. The second-order valence-electron chi connectivity index (χ2n) is 3.37. The van der Waals surface area contributed by atoms with Gasteiger partial charge in [0.05, 0.1) is 5.52 Å². The summed E-state index contributed by atoms with van der Waals surface area (Å²) in [6.07, 6.45) is 1.68. The van der Waals surface area contributed by atoms with Crippen LogP contribution in [0.1, 0.15) is 17.3 Å². The number of aromatic hydroxyl groups is 1. The van der Waals surface area contributed by atoms with Crippen LogP contribution in [0.25, 0.3) is 10.9 Å². The summed E-state index contributed by atoms with van der Waals surface area (Å²) in [6.45, 7) is 3.42. The lowest BCUT2D eigenvalue weighted by Crippen LogP contribution is -2.03. The maximum atomic E-state index is 11.2. The zero-order chi connectivity index (χ0) is 10.3. The maximum Gasteiger partial charge on any atom is 0.228 e. The summed E-state index contributed by atoms with van der Waals surface area (Å²) in [6, 6.07) is 5.28. The molecule has 3 nitrogen and oxygen atoms in total. The summed E-state index contributed by atoms with van der Waals surface area (Å²) in [5.41, 5.74) is 1.65. The van der Waals surface area contributed by atoms with Crippen molar-refractivity contribution in [1.82, 2.24) is 4.57 Å². The number of aromatic nitrogens is 1. The van der Waals surface area contributed by atoms with E-state index in [4.69, 9.17) is 0 Å². The first-order valence-corrected chi connectivity index (χ1v) is 4.42. The summed E-state index contributed by atoms with van der Waals surface area (Å²) >= 11 is 0. The fourth-order valence-corrected chi connectivity index (χ4v) is 1.65. The molecule has 2 aromatic rings. The van der Waals surface area contributed by atoms with Crippen LogP contribution in [0.5, 0.6) is 5.75 Å². The average molecular weight is 189 g/mol. The monoisotopic (exact) mass is 189 g/mol. The van der Waals surface area contributed by atoms with Crippen molar-refractivity contribution in [2.24, 2.45) is 0 Å². The predicted octanol–water partition coefficient (Wildman–Crippen LogP) is 2.32. The smallest absolute Gasteiger partial charge is 0.228 e. The first-order valence-electron chi connectivity index (χ1n) is 4.42. The van der Waals surface area contributed by atoms with E-state index in [0.29, 0.717) is 5.52 Å². The van der Waals surface area contributed by atoms with Gasteiger partial charge in [0.2, 0.25) is 5.91 Å². The Hall–Kier alpha value is -1.77. The Kier molecular flexibility index (Phi) is 1.81. The third-order valence-corrected chi connectivity index (χ3v) is 2.38. The molecular formula is C11H11NO2. The van der Waals surface area contributed by atoms with Crippen molar-refractivity contribution >= 4 is 16.8 Å². The van der Waals surface area contributed by atoms with E-state index in [9.17, 15) is 9.90 Å². The third-order valence-electron chi connectivity index (χ3n) is 2.38. The highest BCUT2D eigenvalue weighted by molar-refractivity contribution is 5.96. The van der Waals surface area contributed by atoms with Gasteiger partial charge in [-0.25, -0.2) is 0 Å². The molecule has 0 spiro atoms. The zero-order valence-corrected chi connectivity index (χ0v) is 8.11. The van der Waals surface area contributed by atoms with Gasteiger partial charge in [0, 0.05) is 18.5 Å². The largest absolute Gasteiger partial charge is 0.506 e. The van der Waals surface area contributed by atoms with E-state index in [1.54, 1.807) is 12.3 Å². The third kappa shape index (κ3) is 1.09. The Morgan fingerprint density at radius 3 is 2.71 bits per heavy atom. The molecule has 1 heterocycles. The number of nitrogens with zero attached hydrogens (tertiary/aromatic N) is 1. The molecule has 1 N–H and O–H groups in total. The van der Waals surface area contributed by atoms with Crippen molar-refractivity contribution < 1.29 is 9.90 Å². The number of rotatable bonds is 0. The molecule has 14 heavy (non-hydrogen) atoms. The van der Waals surface area contributed by atoms with Gasteiger partial charge in [-0.2, -0.15) is 0 Å². The normalized spacial score (nSPS) is 10.7. The fourth-order valence-electron chi connectivity index (χ4n) is 1.65. The number of phenols is 1. The molecule has 0 saturated carbocycles. The number of carbonyl (C=O) groups excluding carboxylic acids is 1. The lowest BCUT2D eigenvalue weighted by Gasteiger charge is -2.03. The standard InChI is InChI=1S/C11H11NO2/c1-7-3-4-10(14)11-9(7)5-6-12(11)8(2)13/h3-6,14H,1-2H3. The number of phenolic OH excluding ortho intramolecular Hbond substituents is 1. The molecule has 3 heteroatoms. The molecule has 0 bridgehead atoms. The van der Waals surface area contributed by atoms with Gasteiger partial charge >= 0.3 is 0 Å². The molecule has 0 aliphatic rings. The predicted molar refractivity (Wildman–Crippen MR) is 54.6 cm³/mol. The molecule has 0 unspecified atom stereocenters. The number of hydrogen-bond acceptors (Lipinski definition) is 2. The molecule has 0 aliphatic heterocycles. The van der Waals surface area contributed by atoms with Crippen molar-refractivity contribution in [2.75, 3.05) is 0 Å². The molecule has 1 aromatic heterocycles. The van der Waals surface area contributed by atoms with Gasteiger partial charge in [0.25, 0.3) is 0 Å². The Balaban J connectivity index is 2.90. The first kappa shape index (κ1) is 8.81. The fraction of sp³-hybridized carbons (Fsp3) is 0.182. The van der Waals surface area contributed by atoms with Gasteiger partial charge < -0.3 is 5.11 Å². The second kappa shape index (κ2) is 2.87. The topological polar surface area (TPSA) is 42.2 Å². The highest BCUT2D eigenvalue weighted by Gasteiger charge is 2.09. The van der Waals surface area contributed by atoms with Gasteiger partial charge in [-0.1, -0.05) is 6.07 Å². The van der Waals surface area contributed by atoms with Crippen LogP contribution in [0.4, 0.5) is 0 Å². The molecule has 2 rings (SSSR count). The lowest BCUT2D eigenvalue weighted by atomic mass is 10.1. The molecule has 0 fully saturated rings. The van der Waals surface area contributed by atoms with Crippen LogP contribution < -0.4 is 0 Å². The van der Waals surface area contributed by atoms with E-state index < -0.39 is 0 Å². The van der Waals surface area contributed by atoms with E-state index in [-0.39, 0.29) is 11.7 Å². The van der Waals surface area contributed by atoms with Gasteiger partial charge in [0.1, 0.15) is 5.75 Å². The molecule has 0 saturated heterocycles. The van der Waals surface area contributed by atoms with Crippen LogP contribution in [0.2, 0.25) is 0 Å². The summed E-state index contributed by atoms with van der Waals surface area (Å²) in [5, 5.41) is 10.6. The van der Waals surface area contributed by atoms with Crippen LogP contribution in [0.3, 0.4) is 0 Å². The van der Waals surface area contributed by atoms with Crippen molar-refractivity contribution in [3.05, 3.63) is 30.0 Å². The van der Waals surface area contributed by atoms with Crippen LogP contribution >= 0.6 is 0 Å². The average Bonchev–Trinajstić information content (AvgIpc) is 2.56. The van der Waals surface area contributed by atoms with E-state index in [2.05, 4.69) is 0 Å². The summed E-state index contributed by atoms with van der Waals surface area (Å²) in [7, 11) is 0. The Labute approximate surface area is 81.6 Å². The van der Waals surface area contributed by atoms with E-state index >= 15 is 0 Å².